The third-order valence-corrected chi connectivity index (χ3v) is 3.48. The van der Waals surface area contributed by atoms with Gasteiger partial charge >= 0.3 is 0 Å². The molecule has 2 rings (SSSR count). The molecule has 0 aliphatic heterocycles. The van der Waals surface area contributed by atoms with Crippen molar-refractivity contribution in [3.63, 3.8) is 0 Å². The summed E-state index contributed by atoms with van der Waals surface area (Å²) in [4.78, 5) is 11.6. The van der Waals surface area contributed by atoms with Crippen molar-refractivity contribution in [2.45, 2.75) is 32.1 Å². The molecule has 0 unspecified atom stereocenters. The van der Waals surface area contributed by atoms with E-state index in [4.69, 9.17) is 10.00 Å². The second-order valence-corrected chi connectivity index (χ2v) is 5.14. The van der Waals surface area contributed by atoms with Crippen molar-refractivity contribution in [2.75, 3.05) is 6.61 Å². The number of nitrogens with zero attached hydrogens (tertiary/aromatic N) is 2. The number of ether oxygens (including phenoxy) is 1. The lowest BCUT2D eigenvalue weighted by Crippen LogP contribution is -2.25. The zero-order chi connectivity index (χ0) is 14.9. The van der Waals surface area contributed by atoms with Crippen LogP contribution in [-0.4, -0.2) is 18.7 Å². The lowest BCUT2D eigenvalue weighted by atomic mass is 9.90. The summed E-state index contributed by atoms with van der Waals surface area (Å²) in [6.45, 7) is -0.0894. The highest BCUT2D eigenvalue weighted by Crippen LogP contribution is 2.21. The molecule has 1 aromatic rings. The molecule has 5 heteroatoms. The Labute approximate surface area is 124 Å². The van der Waals surface area contributed by atoms with E-state index in [-0.39, 0.29) is 12.5 Å². The first-order valence-electron chi connectivity index (χ1n) is 7.23. The van der Waals surface area contributed by atoms with Crippen molar-refractivity contribution < 1.29 is 9.53 Å². The van der Waals surface area contributed by atoms with Crippen LogP contribution in [0.4, 0.5) is 0 Å². The Morgan fingerprint density at radius 3 is 2.71 bits per heavy atom. The van der Waals surface area contributed by atoms with Crippen molar-refractivity contribution in [1.29, 1.82) is 5.26 Å². The molecule has 0 spiro atoms. The molecule has 1 aromatic carbocycles. The van der Waals surface area contributed by atoms with E-state index in [0.717, 1.165) is 12.8 Å². The van der Waals surface area contributed by atoms with Crippen LogP contribution in [0, 0.1) is 17.2 Å². The second-order valence-electron chi connectivity index (χ2n) is 5.14. The van der Waals surface area contributed by atoms with Gasteiger partial charge in [-0.2, -0.15) is 10.4 Å². The first-order valence-corrected chi connectivity index (χ1v) is 7.23. The fourth-order valence-electron chi connectivity index (χ4n) is 2.30. The Kier molecular flexibility index (Phi) is 5.77. The number of nitrogens with one attached hydrogen (secondary N) is 1. The number of nitriles is 1. The van der Waals surface area contributed by atoms with Gasteiger partial charge in [-0.25, -0.2) is 5.43 Å². The van der Waals surface area contributed by atoms with Gasteiger partial charge in [-0.3, -0.25) is 4.79 Å². The van der Waals surface area contributed by atoms with Crippen LogP contribution in [0.2, 0.25) is 0 Å². The molecule has 1 amide bonds. The predicted molar refractivity (Wildman–Crippen MR) is 79.9 cm³/mol. The van der Waals surface area contributed by atoms with E-state index in [2.05, 4.69) is 10.5 Å². The van der Waals surface area contributed by atoms with Gasteiger partial charge in [-0.1, -0.05) is 19.3 Å². The SMILES string of the molecule is N#Cc1ccc(OCC(=O)N/N=C\C2CCCCC2)cc1. The molecule has 0 radical (unpaired) electrons. The fourth-order valence-corrected chi connectivity index (χ4v) is 2.30. The van der Waals surface area contributed by atoms with Gasteiger partial charge in [0.05, 0.1) is 11.6 Å². The number of rotatable bonds is 5. The summed E-state index contributed by atoms with van der Waals surface area (Å²) in [7, 11) is 0. The minimum atomic E-state index is -0.286. The topological polar surface area (TPSA) is 74.5 Å². The van der Waals surface area contributed by atoms with Crippen LogP contribution < -0.4 is 10.2 Å². The average molecular weight is 285 g/mol. The molecule has 0 atom stereocenters. The predicted octanol–water partition coefficient (Wildman–Crippen LogP) is 2.62. The highest BCUT2D eigenvalue weighted by Gasteiger charge is 2.10. The summed E-state index contributed by atoms with van der Waals surface area (Å²) in [6, 6.07) is 8.65. The second kappa shape index (κ2) is 8.05. The lowest BCUT2D eigenvalue weighted by Gasteiger charge is -2.16. The number of hydrogen-bond donors (Lipinski definition) is 1. The van der Waals surface area contributed by atoms with Crippen LogP contribution in [0.1, 0.15) is 37.7 Å². The molecule has 1 aliphatic carbocycles. The Morgan fingerprint density at radius 2 is 2.05 bits per heavy atom. The van der Waals surface area contributed by atoms with Gasteiger partial charge in [-0.15, -0.1) is 0 Å². The van der Waals surface area contributed by atoms with Gasteiger partial charge in [0, 0.05) is 6.21 Å². The molecule has 1 saturated carbocycles. The highest BCUT2D eigenvalue weighted by atomic mass is 16.5. The molecule has 5 nitrogen and oxygen atoms in total. The van der Waals surface area contributed by atoms with Crippen LogP contribution in [0.5, 0.6) is 5.75 Å². The Bertz CT molecular complexity index is 525. The van der Waals surface area contributed by atoms with E-state index in [1.807, 2.05) is 12.3 Å². The zero-order valence-corrected chi connectivity index (χ0v) is 11.9. The molecule has 0 bridgehead atoms. The van der Waals surface area contributed by atoms with E-state index in [1.54, 1.807) is 24.3 Å². The van der Waals surface area contributed by atoms with E-state index in [1.165, 1.54) is 19.3 Å². The Hall–Kier alpha value is -2.35. The molecule has 110 valence electrons. The van der Waals surface area contributed by atoms with Gasteiger partial charge in [0.25, 0.3) is 5.91 Å². The van der Waals surface area contributed by atoms with Gasteiger partial charge in [0.1, 0.15) is 5.75 Å². The number of carbonyl (C=O) groups is 1. The molecule has 1 aliphatic rings. The van der Waals surface area contributed by atoms with Crippen molar-refractivity contribution >= 4 is 12.1 Å². The molecule has 1 fully saturated rings. The largest absolute Gasteiger partial charge is 0.484 e. The number of carbonyl (C=O) groups excluding carboxylic acids is 1. The van der Waals surface area contributed by atoms with Crippen LogP contribution in [0.25, 0.3) is 0 Å². The summed E-state index contributed by atoms with van der Waals surface area (Å²) in [5, 5.41) is 12.7. The van der Waals surface area contributed by atoms with Crippen LogP contribution >= 0.6 is 0 Å². The van der Waals surface area contributed by atoms with Gasteiger partial charge in [0.15, 0.2) is 6.61 Å². The van der Waals surface area contributed by atoms with E-state index >= 15 is 0 Å². The van der Waals surface area contributed by atoms with Crippen molar-refractivity contribution in [2.24, 2.45) is 11.0 Å². The van der Waals surface area contributed by atoms with Gasteiger partial charge in [-0.05, 0) is 43.0 Å². The first kappa shape index (κ1) is 15.0. The maximum absolute atomic E-state index is 11.6. The van der Waals surface area contributed by atoms with E-state index in [9.17, 15) is 4.79 Å². The first-order chi connectivity index (χ1) is 10.3. The number of amides is 1. The smallest absolute Gasteiger partial charge is 0.277 e. The third kappa shape index (κ3) is 5.27. The Balaban J connectivity index is 1.69. The molecular formula is C16H19N3O2. The van der Waals surface area contributed by atoms with Crippen molar-refractivity contribution in [3.8, 4) is 11.8 Å². The van der Waals surface area contributed by atoms with Crippen molar-refractivity contribution in [3.05, 3.63) is 29.8 Å². The summed E-state index contributed by atoms with van der Waals surface area (Å²) >= 11 is 0. The van der Waals surface area contributed by atoms with Crippen LogP contribution in [0.3, 0.4) is 0 Å². The summed E-state index contributed by atoms with van der Waals surface area (Å²) in [5.74, 6) is 0.755. The zero-order valence-electron chi connectivity index (χ0n) is 11.9. The molecule has 0 aromatic heterocycles. The summed E-state index contributed by atoms with van der Waals surface area (Å²) < 4.78 is 5.31. The van der Waals surface area contributed by atoms with Crippen LogP contribution in [-0.2, 0) is 4.79 Å². The quantitative estimate of drug-likeness (QED) is 0.667. The van der Waals surface area contributed by atoms with E-state index < -0.39 is 0 Å². The maximum Gasteiger partial charge on any atom is 0.277 e. The minimum absolute atomic E-state index is 0.0894. The summed E-state index contributed by atoms with van der Waals surface area (Å²) in [6.07, 6.45) is 7.93. The van der Waals surface area contributed by atoms with Gasteiger partial charge in [0.2, 0.25) is 0 Å². The minimum Gasteiger partial charge on any atom is -0.484 e. The van der Waals surface area contributed by atoms with Crippen LogP contribution in [0.15, 0.2) is 29.4 Å². The summed E-state index contributed by atoms with van der Waals surface area (Å²) in [5.41, 5.74) is 3.04. The molecule has 0 heterocycles. The van der Waals surface area contributed by atoms with Gasteiger partial charge < -0.3 is 4.74 Å². The molecule has 21 heavy (non-hydrogen) atoms. The van der Waals surface area contributed by atoms with E-state index in [0.29, 0.717) is 17.2 Å². The highest BCUT2D eigenvalue weighted by molar-refractivity contribution is 5.78. The molecular weight excluding hydrogens is 266 g/mol. The number of hydrogen-bond acceptors (Lipinski definition) is 4. The number of hydrazone groups is 1. The number of benzene rings is 1. The molecule has 1 N–H and O–H groups in total. The normalized spacial score (nSPS) is 15.6. The fraction of sp³-hybridized carbons (Fsp3) is 0.438. The average Bonchev–Trinajstić information content (AvgIpc) is 2.54. The maximum atomic E-state index is 11.6. The monoisotopic (exact) mass is 285 g/mol. The molecule has 0 saturated heterocycles. The third-order valence-electron chi connectivity index (χ3n) is 3.48. The Morgan fingerprint density at radius 1 is 1.33 bits per heavy atom. The van der Waals surface area contributed by atoms with Crippen molar-refractivity contribution in [1.82, 2.24) is 5.43 Å². The lowest BCUT2D eigenvalue weighted by molar-refractivity contribution is -0.123. The standard InChI is InChI=1S/C16H19N3O2/c17-10-13-6-8-15(9-7-13)21-12-16(20)19-18-11-14-4-2-1-3-5-14/h6-9,11,14H,1-5,12H2,(H,19,20)/b18-11-.